The van der Waals surface area contributed by atoms with E-state index in [1.165, 1.54) is 37.0 Å². The largest absolute Gasteiger partial charge is 0.341 e. The Morgan fingerprint density at radius 2 is 1.74 bits per heavy atom. The highest BCUT2D eigenvalue weighted by molar-refractivity contribution is 7.18. The van der Waals surface area contributed by atoms with Crippen LogP contribution in [0.5, 0.6) is 0 Å². The van der Waals surface area contributed by atoms with Gasteiger partial charge in [0.2, 0.25) is 5.91 Å². The summed E-state index contributed by atoms with van der Waals surface area (Å²) in [6.07, 6.45) is 6.90. The summed E-state index contributed by atoms with van der Waals surface area (Å²) < 4.78 is 1.66. The van der Waals surface area contributed by atoms with Crippen molar-refractivity contribution in [3.05, 3.63) is 39.1 Å². The molecule has 31 heavy (non-hydrogen) atoms. The minimum atomic E-state index is -0.0768. The van der Waals surface area contributed by atoms with Crippen LogP contribution in [0, 0.1) is 0 Å². The topological polar surface area (TPSA) is 58.4 Å². The molecule has 0 aromatic carbocycles. The van der Waals surface area contributed by atoms with E-state index in [0.717, 1.165) is 60.1 Å². The van der Waals surface area contributed by atoms with Crippen LogP contribution < -0.4 is 5.56 Å². The summed E-state index contributed by atoms with van der Waals surface area (Å²) >= 11 is 3.15. The second-order valence-electron chi connectivity index (χ2n) is 8.50. The Morgan fingerprint density at radius 3 is 2.45 bits per heavy atom. The molecule has 5 heterocycles. The second-order valence-corrected chi connectivity index (χ2v) is 10.3. The fourth-order valence-corrected chi connectivity index (χ4v) is 6.43. The summed E-state index contributed by atoms with van der Waals surface area (Å²) in [6.45, 7) is 4.36. The average molecular weight is 457 g/mol. The minimum absolute atomic E-state index is 0.0377. The van der Waals surface area contributed by atoms with Gasteiger partial charge in [0.1, 0.15) is 17.2 Å². The lowest BCUT2D eigenvalue weighted by molar-refractivity contribution is -0.132. The van der Waals surface area contributed by atoms with Gasteiger partial charge in [-0.15, -0.1) is 22.7 Å². The predicted octanol–water partition coefficient (Wildman–Crippen LogP) is 4.18. The molecule has 2 fully saturated rings. The number of likely N-dealkylation sites (tertiary alicyclic amines) is 2. The minimum Gasteiger partial charge on any atom is -0.341 e. The second kappa shape index (κ2) is 9.22. The highest BCUT2D eigenvalue weighted by Gasteiger charge is 2.23. The van der Waals surface area contributed by atoms with Crippen LogP contribution in [0.1, 0.15) is 44.3 Å². The van der Waals surface area contributed by atoms with Crippen molar-refractivity contribution in [3.8, 4) is 10.4 Å². The SMILES string of the molecule is O=C(Cn1c(CN2CCCCC2)nc2scc(-c3cccs3)c2c1=O)N1CCCCC1. The average Bonchev–Trinajstić information content (AvgIpc) is 3.47. The fourth-order valence-electron chi connectivity index (χ4n) is 4.66. The highest BCUT2D eigenvalue weighted by atomic mass is 32.1. The van der Waals surface area contributed by atoms with Crippen LogP contribution in [-0.4, -0.2) is 51.4 Å². The summed E-state index contributed by atoms with van der Waals surface area (Å²) in [6, 6.07) is 4.04. The van der Waals surface area contributed by atoms with Crippen LogP contribution in [0.15, 0.2) is 27.7 Å². The summed E-state index contributed by atoms with van der Waals surface area (Å²) in [7, 11) is 0. The van der Waals surface area contributed by atoms with Crippen molar-refractivity contribution in [1.29, 1.82) is 0 Å². The predicted molar refractivity (Wildman–Crippen MR) is 127 cm³/mol. The van der Waals surface area contributed by atoms with Crippen molar-refractivity contribution in [3.63, 3.8) is 0 Å². The maximum atomic E-state index is 13.7. The Balaban J connectivity index is 1.55. The van der Waals surface area contributed by atoms with E-state index in [1.54, 1.807) is 15.9 Å². The van der Waals surface area contributed by atoms with Crippen molar-refractivity contribution < 1.29 is 4.79 Å². The van der Waals surface area contributed by atoms with Crippen LogP contribution in [0.2, 0.25) is 0 Å². The van der Waals surface area contributed by atoms with E-state index in [0.29, 0.717) is 11.9 Å². The monoisotopic (exact) mass is 456 g/mol. The molecule has 0 unspecified atom stereocenters. The molecule has 2 saturated heterocycles. The van der Waals surface area contributed by atoms with E-state index in [4.69, 9.17) is 4.98 Å². The third kappa shape index (κ3) is 4.33. The lowest BCUT2D eigenvalue weighted by Crippen LogP contribution is -2.41. The van der Waals surface area contributed by atoms with E-state index in [-0.39, 0.29) is 18.0 Å². The number of carbonyl (C=O) groups excluding carboxylic acids is 1. The molecule has 6 nitrogen and oxygen atoms in total. The third-order valence-corrected chi connectivity index (χ3v) is 8.15. The smallest absolute Gasteiger partial charge is 0.263 e. The molecule has 164 valence electrons. The highest BCUT2D eigenvalue weighted by Crippen LogP contribution is 2.34. The van der Waals surface area contributed by atoms with Crippen molar-refractivity contribution in [2.75, 3.05) is 26.2 Å². The van der Waals surface area contributed by atoms with Gasteiger partial charge in [-0.1, -0.05) is 12.5 Å². The molecule has 0 atom stereocenters. The number of fused-ring (bicyclic) bond motifs is 1. The Morgan fingerprint density at radius 1 is 1.00 bits per heavy atom. The van der Waals surface area contributed by atoms with Crippen molar-refractivity contribution in [2.45, 2.75) is 51.6 Å². The molecule has 1 amide bonds. The summed E-state index contributed by atoms with van der Waals surface area (Å²) in [5.41, 5.74) is 0.864. The van der Waals surface area contributed by atoms with Gasteiger partial charge in [0.05, 0.1) is 11.9 Å². The van der Waals surface area contributed by atoms with E-state index < -0.39 is 0 Å². The first-order valence-electron chi connectivity index (χ1n) is 11.3. The molecule has 3 aromatic heterocycles. The zero-order valence-electron chi connectivity index (χ0n) is 17.7. The molecule has 0 spiro atoms. The van der Waals surface area contributed by atoms with Gasteiger partial charge in [0.15, 0.2) is 0 Å². The van der Waals surface area contributed by atoms with Crippen LogP contribution in [0.4, 0.5) is 0 Å². The molecule has 0 bridgehead atoms. The zero-order chi connectivity index (χ0) is 21.2. The van der Waals surface area contributed by atoms with Gasteiger partial charge >= 0.3 is 0 Å². The van der Waals surface area contributed by atoms with Crippen LogP contribution in [0.25, 0.3) is 20.7 Å². The Hall–Kier alpha value is -2.03. The molecule has 2 aliphatic rings. The Labute approximate surface area is 190 Å². The Kier molecular flexibility index (Phi) is 6.20. The number of rotatable bonds is 5. The van der Waals surface area contributed by atoms with Crippen LogP contribution in [-0.2, 0) is 17.9 Å². The molecule has 0 aliphatic carbocycles. The fraction of sp³-hybridized carbons (Fsp3) is 0.522. The third-order valence-electron chi connectivity index (χ3n) is 6.38. The number of amides is 1. The number of nitrogens with zero attached hydrogens (tertiary/aromatic N) is 4. The maximum absolute atomic E-state index is 13.7. The lowest BCUT2D eigenvalue weighted by atomic mass is 10.1. The quantitative estimate of drug-likeness (QED) is 0.578. The van der Waals surface area contributed by atoms with Gasteiger partial charge in [-0.2, -0.15) is 0 Å². The van der Waals surface area contributed by atoms with Gasteiger partial charge in [-0.3, -0.25) is 19.1 Å². The molecule has 2 aliphatic heterocycles. The molecule has 8 heteroatoms. The van der Waals surface area contributed by atoms with Crippen LogP contribution >= 0.6 is 22.7 Å². The number of piperidine rings is 2. The molecule has 0 radical (unpaired) electrons. The summed E-state index contributed by atoms with van der Waals surface area (Å²) in [5, 5.41) is 4.71. The number of aromatic nitrogens is 2. The standard InChI is InChI=1S/C23H28N4O2S2/c28-20(26-11-5-2-6-12-26)15-27-19(14-25-9-3-1-4-10-25)24-22-21(23(27)29)17(16-31-22)18-8-7-13-30-18/h7-8,13,16H,1-6,9-12,14-15H2. The molecule has 0 N–H and O–H groups in total. The first kappa shape index (κ1) is 20.8. The lowest BCUT2D eigenvalue weighted by Gasteiger charge is -2.29. The number of hydrogen-bond donors (Lipinski definition) is 0. The van der Waals surface area contributed by atoms with E-state index in [2.05, 4.69) is 4.90 Å². The first-order chi connectivity index (χ1) is 15.2. The zero-order valence-corrected chi connectivity index (χ0v) is 19.3. The summed E-state index contributed by atoms with van der Waals surface area (Å²) in [5.74, 6) is 0.764. The van der Waals surface area contributed by atoms with Gasteiger partial charge in [-0.25, -0.2) is 4.98 Å². The number of thiophene rings is 2. The molecule has 3 aromatic rings. The first-order valence-corrected chi connectivity index (χ1v) is 13.0. The van der Waals surface area contributed by atoms with Crippen molar-refractivity contribution in [2.24, 2.45) is 0 Å². The van der Waals surface area contributed by atoms with Gasteiger partial charge in [0.25, 0.3) is 5.56 Å². The molecule has 5 rings (SSSR count). The van der Waals surface area contributed by atoms with Crippen molar-refractivity contribution >= 4 is 38.8 Å². The Bertz CT molecular complexity index is 1110. The molecular weight excluding hydrogens is 428 g/mol. The molecular formula is C23H28N4O2S2. The number of hydrogen-bond acceptors (Lipinski definition) is 6. The van der Waals surface area contributed by atoms with E-state index in [9.17, 15) is 9.59 Å². The van der Waals surface area contributed by atoms with Gasteiger partial charge in [-0.05, 0) is 56.6 Å². The molecule has 0 saturated carbocycles. The van der Waals surface area contributed by atoms with Gasteiger partial charge < -0.3 is 4.90 Å². The summed E-state index contributed by atoms with van der Waals surface area (Å²) in [4.78, 5) is 37.9. The van der Waals surface area contributed by atoms with E-state index in [1.807, 2.05) is 27.8 Å². The van der Waals surface area contributed by atoms with Crippen LogP contribution in [0.3, 0.4) is 0 Å². The normalized spacial score (nSPS) is 18.0. The number of carbonyl (C=O) groups is 1. The van der Waals surface area contributed by atoms with Gasteiger partial charge in [0, 0.05) is 28.9 Å². The van der Waals surface area contributed by atoms with E-state index >= 15 is 0 Å². The van der Waals surface area contributed by atoms with Crippen molar-refractivity contribution in [1.82, 2.24) is 19.4 Å². The maximum Gasteiger partial charge on any atom is 0.263 e.